The van der Waals surface area contributed by atoms with Gasteiger partial charge in [0, 0.05) is 30.7 Å². The molecule has 0 aliphatic heterocycles. The molecule has 0 saturated heterocycles. The van der Waals surface area contributed by atoms with Crippen molar-refractivity contribution < 1.29 is 30.5 Å². The van der Waals surface area contributed by atoms with Crippen LogP contribution in [0.2, 0.25) is 0 Å². The Bertz CT molecular complexity index is 1270. The summed E-state index contributed by atoms with van der Waals surface area (Å²) in [6.07, 6.45) is 0. The topological polar surface area (TPSA) is 61.3 Å². The number of alkyl halides is 3. The van der Waals surface area contributed by atoms with Gasteiger partial charge in [-0.15, -0.1) is 0 Å². The zero-order valence-electron chi connectivity index (χ0n) is 15.2. The summed E-state index contributed by atoms with van der Waals surface area (Å²) < 4.78 is 61.2. The lowest BCUT2D eigenvalue weighted by Gasteiger charge is -2.08. The normalized spacial score (nSPS) is 11.9. The van der Waals surface area contributed by atoms with E-state index in [1.54, 1.807) is 0 Å². The average Bonchev–Trinajstić information content (AvgIpc) is 2.67. The van der Waals surface area contributed by atoms with E-state index in [-0.39, 0.29) is 0 Å². The summed E-state index contributed by atoms with van der Waals surface area (Å²) in [6.45, 7) is 2.16. The maximum absolute atomic E-state index is 10.7. The van der Waals surface area contributed by atoms with Crippen molar-refractivity contribution >= 4 is 26.4 Å². The second-order valence-electron chi connectivity index (χ2n) is 6.27. The fraction of sp³-hybridized carbons (Fsp3) is 0.0952. The first kappa shape index (κ1) is 20.8. The van der Waals surface area contributed by atoms with Gasteiger partial charge in [-0.1, -0.05) is 36.4 Å². The molecule has 2 aromatic heterocycles. The Hall–Kier alpha value is -2.97. The molecule has 0 unspecified atom stereocenters. The van der Waals surface area contributed by atoms with Crippen LogP contribution in [0.5, 0.6) is 0 Å². The Morgan fingerprint density at radius 3 is 2.07 bits per heavy atom. The minimum Gasteiger partial charge on any atom is -0.741 e. The number of rotatable bonds is 1. The molecule has 0 atom stereocenters. The number of aryl methyl sites for hydroxylation is 1. The molecule has 0 fully saturated rings. The van der Waals surface area contributed by atoms with Crippen LogP contribution in [0.1, 0.15) is 5.69 Å². The number of pyridine rings is 2. The number of halogens is 3. The highest BCUT2D eigenvalue weighted by Gasteiger charge is 2.36. The zero-order chi connectivity index (χ0) is 21.2. The van der Waals surface area contributed by atoms with E-state index in [0.29, 0.717) is 0 Å². The molecule has 0 amide bonds. The Morgan fingerprint density at radius 1 is 0.862 bits per heavy atom. The van der Waals surface area contributed by atoms with Crippen molar-refractivity contribution in [2.75, 3.05) is 0 Å². The molecule has 150 valence electrons. The summed E-state index contributed by atoms with van der Waals surface area (Å²) in [6, 6.07) is 27.9. The Kier molecular flexibility index (Phi) is 5.59. The second kappa shape index (κ2) is 7.81. The first-order valence-corrected chi connectivity index (χ1v) is 9.91. The van der Waals surface area contributed by atoms with Gasteiger partial charge < -0.3 is 4.55 Å². The summed E-state index contributed by atoms with van der Waals surface area (Å²) in [5, 5.41) is 2.57. The van der Waals surface area contributed by atoms with Crippen LogP contribution < -0.4 is 4.40 Å². The van der Waals surface area contributed by atoms with Gasteiger partial charge in [-0.3, -0.25) is 0 Å². The van der Waals surface area contributed by atoms with Crippen molar-refractivity contribution in [1.29, 1.82) is 0 Å². The van der Waals surface area contributed by atoms with Crippen LogP contribution in [-0.4, -0.2) is 18.5 Å². The molecule has 0 radical (unpaired) electrons. The summed E-state index contributed by atoms with van der Waals surface area (Å²) in [4.78, 5) is 0. The van der Waals surface area contributed by atoms with E-state index in [2.05, 4.69) is 90.2 Å². The standard InChI is InChI=1S/C20H16N.CHF3O3S/c1-15-8-7-13-19-18-12-6-5-11-17(18)14-20(21(15)19)16-9-3-2-4-10-16;2-1(3,4)8(5,6)7/h2-14H,1H3;(H,5,6,7)/q+1;/p-1. The highest BCUT2D eigenvalue weighted by atomic mass is 32.2. The summed E-state index contributed by atoms with van der Waals surface area (Å²) in [5.41, 5.74) is -0.661. The highest BCUT2D eigenvalue weighted by molar-refractivity contribution is 7.86. The van der Waals surface area contributed by atoms with Gasteiger partial charge in [-0.2, -0.15) is 17.6 Å². The first-order chi connectivity index (χ1) is 13.6. The third kappa shape index (κ3) is 4.38. The van der Waals surface area contributed by atoms with Gasteiger partial charge in [-0.05, 0) is 29.7 Å². The molecule has 0 saturated carbocycles. The third-order valence-corrected chi connectivity index (χ3v) is 4.87. The highest BCUT2D eigenvalue weighted by Crippen LogP contribution is 2.24. The van der Waals surface area contributed by atoms with Crippen LogP contribution in [-0.2, 0) is 10.1 Å². The molecule has 29 heavy (non-hydrogen) atoms. The monoisotopic (exact) mass is 419 g/mol. The maximum atomic E-state index is 10.7. The van der Waals surface area contributed by atoms with Crippen LogP contribution >= 0.6 is 0 Å². The first-order valence-electron chi connectivity index (χ1n) is 8.50. The molecule has 0 aliphatic rings. The fourth-order valence-corrected chi connectivity index (χ4v) is 3.04. The van der Waals surface area contributed by atoms with E-state index in [9.17, 15) is 13.2 Å². The van der Waals surface area contributed by atoms with E-state index < -0.39 is 15.6 Å². The van der Waals surface area contributed by atoms with Crippen LogP contribution in [0.4, 0.5) is 13.2 Å². The van der Waals surface area contributed by atoms with Crippen LogP contribution in [0.25, 0.3) is 27.5 Å². The number of benzene rings is 2. The van der Waals surface area contributed by atoms with Crippen molar-refractivity contribution in [2.45, 2.75) is 12.4 Å². The quantitative estimate of drug-likeness (QED) is 0.196. The van der Waals surface area contributed by atoms with Gasteiger partial charge in [0.2, 0.25) is 11.2 Å². The molecule has 2 aromatic carbocycles. The van der Waals surface area contributed by atoms with Gasteiger partial charge in [0.15, 0.2) is 15.8 Å². The smallest absolute Gasteiger partial charge is 0.485 e. The lowest BCUT2D eigenvalue weighted by atomic mass is 10.0. The summed E-state index contributed by atoms with van der Waals surface area (Å²) >= 11 is 0. The molecule has 0 N–H and O–H groups in total. The molecule has 2 heterocycles. The van der Waals surface area contributed by atoms with Crippen molar-refractivity contribution in [2.24, 2.45) is 0 Å². The molecule has 0 spiro atoms. The average molecular weight is 419 g/mol. The van der Waals surface area contributed by atoms with Gasteiger partial charge in [0.05, 0.1) is 5.39 Å². The van der Waals surface area contributed by atoms with Gasteiger partial charge >= 0.3 is 5.51 Å². The van der Waals surface area contributed by atoms with E-state index in [0.717, 1.165) is 0 Å². The molecule has 4 rings (SSSR count). The van der Waals surface area contributed by atoms with Gasteiger partial charge in [0.25, 0.3) is 0 Å². The Morgan fingerprint density at radius 2 is 1.45 bits per heavy atom. The van der Waals surface area contributed by atoms with Crippen molar-refractivity contribution in [3.63, 3.8) is 0 Å². The molecule has 4 aromatic rings. The van der Waals surface area contributed by atoms with Crippen LogP contribution in [0, 0.1) is 6.92 Å². The summed E-state index contributed by atoms with van der Waals surface area (Å²) in [7, 11) is -6.09. The molecular weight excluding hydrogens is 403 g/mol. The van der Waals surface area contributed by atoms with Crippen LogP contribution in [0.3, 0.4) is 0 Å². The summed E-state index contributed by atoms with van der Waals surface area (Å²) in [5.74, 6) is 0. The number of fused-ring (bicyclic) bond motifs is 3. The minimum atomic E-state index is -6.09. The van der Waals surface area contributed by atoms with Crippen LogP contribution in [0.15, 0.2) is 78.9 Å². The minimum absolute atomic E-state index is 1.24. The molecule has 0 aliphatic carbocycles. The third-order valence-electron chi connectivity index (χ3n) is 4.31. The molecular formula is C21H16F3NO3S. The zero-order valence-corrected chi connectivity index (χ0v) is 16.0. The molecule has 8 heteroatoms. The van der Waals surface area contributed by atoms with Crippen molar-refractivity contribution in [3.8, 4) is 11.3 Å². The van der Waals surface area contributed by atoms with E-state index >= 15 is 0 Å². The number of nitrogens with zero attached hydrogens (tertiary/aromatic N) is 1. The predicted octanol–water partition coefficient (Wildman–Crippen LogP) is 4.61. The Labute approximate surface area is 165 Å². The number of aromatic nitrogens is 1. The molecule has 0 bridgehead atoms. The van der Waals surface area contributed by atoms with Gasteiger partial charge in [0.1, 0.15) is 0 Å². The lowest BCUT2D eigenvalue weighted by molar-refractivity contribution is -0.506. The lowest BCUT2D eigenvalue weighted by Crippen LogP contribution is -2.28. The van der Waals surface area contributed by atoms with E-state index in [1.165, 1.54) is 33.2 Å². The maximum Gasteiger partial charge on any atom is 0.485 e. The molecule has 4 nitrogen and oxygen atoms in total. The Balaban J connectivity index is 0.000000258. The van der Waals surface area contributed by atoms with E-state index in [4.69, 9.17) is 13.0 Å². The SMILES string of the molecule is Cc1cccc2c3ccccc3cc(-c3ccccc3)[n+]12.O=S(=O)([O-])C(F)(F)F. The predicted molar refractivity (Wildman–Crippen MR) is 103 cm³/mol. The fourth-order valence-electron chi connectivity index (χ4n) is 3.04. The largest absolute Gasteiger partial charge is 0.741 e. The second-order valence-corrected chi connectivity index (χ2v) is 7.64. The number of hydrogen-bond acceptors (Lipinski definition) is 3. The number of hydrogen-bond donors (Lipinski definition) is 0. The van der Waals surface area contributed by atoms with Crippen molar-refractivity contribution in [1.82, 2.24) is 0 Å². The van der Waals surface area contributed by atoms with Crippen molar-refractivity contribution in [3.05, 3.63) is 84.6 Å². The van der Waals surface area contributed by atoms with Gasteiger partial charge in [-0.25, -0.2) is 8.42 Å². The van der Waals surface area contributed by atoms with E-state index in [1.807, 2.05) is 0 Å².